The van der Waals surface area contributed by atoms with Gasteiger partial charge in [0.05, 0.1) is 24.1 Å². The van der Waals surface area contributed by atoms with Crippen molar-refractivity contribution < 1.29 is 9.84 Å². The van der Waals surface area contributed by atoms with Crippen molar-refractivity contribution in [3.8, 4) is 5.75 Å². The number of aliphatic hydroxyl groups is 1. The topological polar surface area (TPSA) is 63.2 Å². The van der Waals surface area contributed by atoms with E-state index < -0.39 is 6.10 Å². The fourth-order valence-electron chi connectivity index (χ4n) is 3.42. The molecule has 1 aromatic heterocycles. The quantitative estimate of drug-likeness (QED) is 0.485. The predicted octanol–water partition coefficient (Wildman–Crippen LogP) is 4.06. The molecule has 0 radical (unpaired) electrons. The van der Waals surface area contributed by atoms with Crippen molar-refractivity contribution in [1.82, 2.24) is 9.13 Å². The van der Waals surface area contributed by atoms with Gasteiger partial charge in [-0.2, -0.15) is 0 Å². The second kappa shape index (κ2) is 8.55. The molecule has 1 atom stereocenters. The van der Waals surface area contributed by atoms with E-state index in [2.05, 4.69) is 0 Å². The highest BCUT2D eigenvalue weighted by molar-refractivity contribution is 6.30. The van der Waals surface area contributed by atoms with E-state index in [0.29, 0.717) is 22.9 Å². The van der Waals surface area contributed by atoms with Crippen molar-refractivity contribution in [1.29, 1.82) is 5.41 Å². The second-order valence-corrected chi connectivity index (χ2v) is 7.35. The first-order valence-corrected chi connectivity index (χ1v) is 9.82. The summed E-state index contributed by atoms with van der Waals surface area (Å²) < 4.78 is 9.44. The van der Waals surface area contributed by atoms with Gasteiger partial charge in [-0.05, 0) is 35.9 Å². The van der Waals surface area contributed by atoms with Crippen molar-refractivity contribution in [2.45, 2.75) is 19.2 Å². The zero-order valence-electron chi connectivity index (χ0n) is 15.8. The van der Waals surface area contributed by atoms with Crippen LogP contribution in [0.1, 0.15) is 5.56 Å². The van der Waals surface area contributed by atoms with Gasteiger partial charge in [0.25, 0.3) is 0 Å². The number of halogens is 1. The smallest absolute Gasteiger partial charge is 0.203 e. The molecule has 1 unspecified atom stereocenters. The van der Waals surface area contributed by atoms with Crippen LogP contribution in [0.4, 0.5) is 0 Å². The van der Waals surface area contributed by atoms with Crippen LogP contribution in [0.15, 0.2) is 78.9 Å². The van der Waals surface area contributed by atoms with E-state index in [4.69, 9.17) is 21.7 Å². The van der Waals surface area contributed by atoms with Gasteiger partial charge in [0.2, 0.25) is 5.62 Å². The number of aliphatic hydroxyl groups excluding tert-OH is 1. The van der Waals surface area contributed by atoms with E-state index >= 15 is 0 Å². The van der Waals surface area contributed by atoms with Gasteiger partial charge in [-0.3, -0.25) is 5.41 Å². The predicted molar refractivity (Wildman–Crippen MR) is 114 cm³/mol. The number of nitrogens with zero attached hydrogens (tertiary/aromatic N) is 2. The summed E-state index contributed by atoms with van der Waals surface area (Å²) in [4.78, 5) is 0. The number of fused-ring (bicyclic) bond motifs is 1. The van der Waals surface area contributed by atoms with Crippen LogP contribution >= 0.6 is 11.6 Å². The van der Waals surface area contributed by atoms with Gasteiger partial charge in [-0.1, -0.05) is 60.1 Å². The molecule has 0 amide bonds. The normalized spacial score (nSPS) is 12.2. The minimum absolute atomic E-state index is 0.116. The lowest BCUT2D eigenvalue weighted by atomic mass is 10.2. The van der Waals surface area contributed by atoms with Crippen LogP contribution in [-0.2, 0) is 13.1 Å². The van der Waals surface area contributed by atoms with Gasteiger partial charge in [0.15, 0.2) is 0 Å². The monoisotopic (exact) mass is 407 g/mol. The number of ether oxygens (including phenoxy) is 1. The third-order valence-electron chi connectivity index (χ3n) is 4.79. The van der Waals surface area contributed by atoms with E-state index in [9.17, 15) is 5.11 Å². The molecule has 3 aromatic carbocycles. The number of imidazole rings is 1. The number of hydrogen-bond donors (Lipinski definition) is 2. The first kappa shape index (κ1) is 19.3. The first-order chi connectivity index (χ1) is 14.1. The van der Waals surface area contributed by atoms with Gasteiger partial charge in [-0.25, -0.2) is 0 Å². The first-order valence-electron chi connectivity index (χ1n) is 9.45. The maximum absolute atomic E-state index is 10.5. The molecule has 0 aliphatic rings. The average Bonchev–Trinajstić information content (AvgIpc) is 2.99. The molecular formula is C23H22ClN3O2. The Kier molecular flexibility index (Phi) is 5.69. The Morgan fingerprint density at radius 2 is 1.59 bits per heavy atom. The summed E-state index contributed by atoms with van der Waals surface area (Å²) in [7, 11) is 0. The number of aromatic nitrogens is 2. The molecule has 0 saturated heterocycles. The molecule has 0 bridgehead atoms. The fraction of sp³-hybridized carbons (Fsp3) is 0.174. The summed E-state index contributed by atoms with van der Waals surface area (Å²) in [6.07, 6.45) is -0.765. The second-order valence-electron chi connectivity index (χ2n) is 6.92. The van der Waals surface area contributed by atoms with E-state index in [-0.39, 0.29) is 13.2 Å². The Morgan fingerprint density at radius 3 is 2.31 bits per heavy atom. The summed E-state index contributed by atoms with van der Waals surface area (Å²) in [6, 6.07) is 25.0. The molecule has 4 rings (SSSR count). The minimum atomic E-state index is -0.765. The number of nitrogens with one attached hydrogen (secondary N) is 1. The van der Waals surface area contributed by atoms with Gasteiger partial charge >= 0.3 is 0 Å². The highest BCUT2D eigenvalue weighted by atomic mass is 35.5. The molecule has 0 aliphatic heterocycles. The lowest BCUT2D eigenvalue weighted by molar-refractivity contribution is 0.0921. The van der Waals surface area contributed by atoms with Crippen LogP contribution in [-0.4, -0.2) is 27.0 Å². The largest absolute Gasteiger partial charge is 0.491 e. The van der Waals surface area contributed by atoms with Crippen LogP contribution in [0.3, 0.4) is 0 Å². The molecule has 0 fully saturated rings. The fourth-order valence-corrected chi connectivity index (χ4v) is 3.60. The van der Waals surface area contributed by atoms with Crippen LogP contribution in [0, 0.1) is 5.41 Å². The number of hydrogen-bond acceptors (Lipinski definition) is 3. The Morgan fingerprint density at radius 1 is 0.897 bits per heavy atom. The molecule has 2 N–H and O–H groups in total. The van der Waals surface area contributed by atoms with Crippen molar-refractivity contribution >= 4 is 22.6 Å². The SMILES string of the molecule is N=c1n(Cc2ccccc2)c2ccccc2n1CC(O)COc1cccc(Cl)c1. The lowest BCUT2D eigenvalue weighted by Crippen LogP contribution is -2.31. The van der Waals surface area contributed by atoms with Crippen molar-refractivity contribution in [3.63, 3.8) is 0 Å². The molecule has 0 saturated carbocycles. The van der Waals surface area contributed by atoms with Crippen LogP contribution in [0.25, 0.3) is 11.0 Å². The minimum Gasteiger partial charge on any atom is -0.491 e. The van der Waals surface area contributed by atoms with Gasteiger partial charge in [0.1, 0.15) is 18.5 Å². The molecule has 0 aliphatic carbocycles. The van der Waals surface area contributed by atoms with Crippen LogP contribution < -0.4 is 10.4 Å². The zero-order valence-corrected chi connectivity index (χ0v) is 16.6. The maximum atomic E-state index is 10.5. The van der Waals surface area contributed by atoms with E-state index in [0.717, 1.165) is 16.6 Å². The summed E-state index contributed by atoms with van der Waals surface area (Å²) in [6.45, 7) is 0.981. The van der Waals surface area contributed by atoms with E-state index in [1.54, 1.807) is 24.3 Å². The number of para-hydroxylation sites is 2. The van der Waals surface area contributed by atoms with Crippen molar-refractivity contribution in [2.24, 2.45) is 0 Å². The third kappa shape index (κ3) is 4.36. The average molecular weight is 408 g/mol. The molecule has 29 heavy (non-hydrogen) atoms. The lowest BCUT2D eigenvalue weighted by Gasteiger charge is -2.14. The van der Waals surface area contributed by atoms with E-state index in [1.165, 1.54) is 0 Å². The molecule has 4 aromatic rings. The molecule has 148 valence electrons. The molecule has 1 heterocycles. The van der Waals surface area contributed by atoms with E-state index in [1.807, 2.05) is 63.7 Å². The standard InChI is InChI=1S/C23H22ClN3O2/c24-18-9-6-10-20(13-18)29-16-19(28)15-27-22-12-5-4-11-21(22)26(23(27)25)14-17-7-2-1-3-8-17/h1-13,19,25,28H,14-16H2. The zero-order chi connectivity index (χ0) is 20.2. The summed E-state index contributed by atoms with van der Waals surface area (Å²) in [5.41, 5.74) is 3.34. The maximum Gasteiger partial charge on any atom is 0.203 e. The summed E-state index contributed by atoms with van der Waals surface area (Å²) in [5, 5.41) is 19.8. The summed E-state index contributed by atoms with van der Waals surface area (Å²) in [5.74, 6) is 0.610. The van der Waals surface area contributed by atoms with Gasteiger partial charge in [0, 0.05) is 5.02 Å². The molecule has 5 nitrogen and oxygen atoms in total. The van der Waals surface area contributed by atoms with Gasteiger partial charge < -0.3 is 19.0 Å². The Bertz CT molecular complexity index is 1170. The molecular weight excluding hydrogens is 386 g/mol. The highest BCUT2D eigenvalue weighted by Gasteiger charge is 2.15. The van der Waals surface area contributed by atoms with Crippen molar-refractivity contribution in [3.05, 3.63) is 95.1 Å². The Hall–Kier alpha value is -3.02. The van der Waals surface area contributed by atoms with Gasteiger partial charge in [-0.15, -0.1) is 0 Å². The molecule has 0 spiro atoms. The third-order valence-corrected chi connectivity index (χ3v) is 5.03. The Labute approximate surface area is 173 Å². The highest BCUT2D eigenvalue weighted by Crippen LogP contribution is 2.18. The van der Waals surface area contributed by atoms with Crippen LogP contribution in [0.2, 0.25) is 5.02 Å². The summed E-state index contributed by atoms with van der Waals surface area (Å²) >= 11 is 5.97. The number of rotatable bonds is 7. The number of benzene rings is 3. The molecule has 6 heteroatoms. The Balaban J connectivity index is 1.57. The van der Waals surface area contributed by atoms with Crippen LogP contribution in [0.5, 0.6) is 5.75 Å². The van der Waals surface area contributed by atoms with Crippen molar-refractivity contribution in [2.75, 3.05) is 6.61 Å².